The lowest BCUT2D eigenvalue weighted by Gasteiger charge is -2.36. The summed E-state index contributed by atoms with van der Waals surface area (Å²) in [7, 11) is 0. The number of aromatic nitrogens is 4. The van der Waals surface area contributed by atoms with Gasteiger partial charge in [0.2, 0.25) is 5.91 Å². The topological polar surface area (TPSA) is 63.9 Å². The predicted molar refractivity (Wildman–Crippen MR) is 86.5 cm³/mol. The first kappa shape index (κ1) is 15.6. The zero-order valence-corrected chi connectivity index (χ0v) is 13.3. The molecule has 0 bridgehead atoms. The first-order valence-corrected chi connectivity index (χ1v) is 8.35. The molecule has 122 valence electrons. The Morgan fingerprint density at radius 2 is 2.26 bits per heavy atom. The average molecular weight is 313 g/mol. The van der Waals surface area contributed by atoms with Crippen molar-refractivity contribution < 1.29 is 4.79 Å². The van der Waals surface area contributed by atoms with E-state index < -0.39 is 0 Å². The molecule has 3 heterocycles. The van der Waals surface area contributed by atoms with E-state index in [4.69, 9.17) is 0 Å². The van der Waals surface area contributed by atoms with Crippen molar-refractivity contribution in [3.63, 3.8) is 0 Å². The van der Waals surface area contributed by atoms with Crippen molar-refractivity contribution in [2.24, 2.45) is 0 Å². The van der Waals surface area contributed by atoms with E-state index in [9.17, 15) is 4.79 Å². The molecule has 1 atom stereocenters. The third-order valence-electron chi connectivity index (χ3n) is 4.43. The molecule has 3 rings (SSSR count). The largest absolute Gasteiger partial charge is 0.340 e. The Kier molecular flexibility index (Phi) is 5.34. The summed E-state index contributed by atoms with van der Waals surface area (Å²) in [6.45, 7) is 1.48. The number of hydrogen-bond acceptors (Lipinski definition) is 4. The van der Waals surface area contributed by atoms with E-state index in [0.29, 0.717) is 19.0 Å². The van der Waals surface area contributed by atoms with Gasteiger partial charge in [0, 0.05) is 30.9 Å². The van der Waals surface area contributed by atoms with Crippen molar-refractivity contribution in [3.8, 4) is 0 Å². The van der Waals surface area contributed by atoms with Crippen LogP contribution in [0.2, 0.25) is 0 Å². The molecule has 0 radical (unpaired) electrons. The molecule has 2 aromatic heterocycles. The van der Waals surface area contributed by atoms with Crippen LogP contribution in [0.4, 0.5) is 0 Å². The van der Waals surface area contributed by atoms with E-state index in [2.05, 4.69) is 26.0 Å². The highest BCUT2D eigenvalue weighted by atomic mass is 16.2. The van der Waals surface area contributed by atoms with Crippen molar-refractivity contribution in [2.75, 3.05) is 6.54 Å². The molecule has 23 heavy (non-hydrogen) atoms. The first-order valence-electron chi connectivity index (χ1n) is 8.35. The molecule has 1 aliphatic heterocycles. The number of aryl methyl sites for hydroxylation is 2. The van der Waals surface area contributed by atoms with Gasteiger partial charge < -0.3 is 4.90 Å². The van der Waals surface area contributed by atoms with Crippen LogP contribution in [0.3, 0.4) is 0 Å². The summed E-state index contributed by atoms with van der Waals surface area (Å²) in [5.74, 6) is 0.228. The lowest BCUT2D eigenvalue weighted by Crippen LogP contribution is -2.44. The van der Waals surface area contributed by atoms with E-state index in [1.807, 2.05) is 18.3 Å². The van der Waals surface area contributed by atoms with Gasteiger partial charge in [0.05, 0.1) is 6.54 Å². The van der Waals surface area contributed by atoms with Crippen LogP contribution in [0.1, 0.15) is 37.8 Å². The lowest BCUT2D eigenvalue weighted by molar-refractivity contribution is -0.135. The maximum Gasteiger partial charge on any atom is 0.224 e. The zero-order chi connectivity index (χ0) is 15.9. The van der Waals surface area contributed by atoms with E-state index in [1.54, 1.807) is 11.0 Å². The van der Waals surface area contributed by atoms with E-state index in [0.717, 1.165) is 37.9 Å². The highest BCUT2D eigenvalue weighted by Crippen LogP contribution is 2.22. The van der Waals surface area contributed by atoms with Crippen LogP contribution in [0.15, 0.2) is 37.1 Å². The van der Waals surface area contributed by atoms with Gasteiger partial charge in [-0.05, 0) is 44.2 Å². The van der Waals surface area contributed by atoms with Gasteiger partial charge in [0.1, 0.15) is 12.7 Å². The molecular formula is C17H23N5O. The second kappa shape index (κ2) is 7.85. The van der Waals surface area contributed by atoms with Crippen LogP contribution in [-0.2, 0) is 17.8 Å². The number of likely N-dealkylation sites (tertiary alicyclic amines) is 1. The Labute approximate surface area is 136 Å². The predicted octanol–water partition coefficient (Wildman–Crippen LogP) is 2.08. The van der Waals surface area contributed by atoms with Gasteiger partial charge in [0.15, 0.2) is 0 Å². The lowest BCUT2D eigenvalue weighted by atomic mass is 9.96. The summed E-state index contributed by atoms with van der Waals surface area (Å²) >= 11 is 0. The molecule has 1 aliphatic rings. The van der Waals surface area contributed by atoms with Gasteiger partial charge in [-0.3, -0.25) is 14.5 Å². The Hall–Kier alpha value is -2.24. The Morgan fingerprint density at radius 1 is 1.30 bits per heavy atom. The first-order chi connectivity index (χ1) is 11.3. The second-order valence-corrected chi connectivity index (χ2v) is 6.01. The molecule has 0 saturated carbocycles. The molecule has 0 spiro atoms. The molecule has 6 nitrogen and oxygen atoms in total. The average Bonchev–Trinajstić information content (AvgIpc) is 3.12. The molecule has 2 aromatic rings. The fourth-order valence-corrected chi connectivity index (χ4v) is 3.19. The van der Waals surface area contributed by atoms with E-state index >= 15 is 0 Å². The Balaban J connectivity index is 1.53. The molecular weight excluding hydrogens is 290 g/mol. The van der Waals surface area contributed by atoms with Crippen LogP contribution in [0.5, 0.6) is 0 Å². The third kappa shape index (κ3) is 4.37. The summed E-state index contributed by atoms with van der Waals surface area (Å²) in [6.07, 6.45) is 10.8. The van der Waals surface area contributed by atoms with E-state index in [1.165, 1.54) is 12.7 Å². The maximum absolute atomic E-state index is 12.6. The smallest absolute Gasteiger partial charge is 0.224 e. The number of piperidine rings is 1. The molecule has 1 fully saturated rings. The van der Waals surface area contributed by atoms with Crippen LogP contribution in [0.25, 0.3) is 0 Å². The van der Waals surface area contributed by atoms with Gasteiger partial charge in [0.25, 0.3) is 0 Å². The quantitative estimate of drug-likeness (QED) is 0.819. The number of amides is 1. The summed E-state index contributed by atoms with van der Waals surface area (Å²) in [5, 5.41) is 4.05. The van der Waals surface area contributed by atoms with Crippen LogP contribution >= 0.6 is 0 Å². The second-order valence-electron chi connectivity index (χ2n) is 6.01. The van der Waals surface area contributed by atoms with Gasteiger partial charge in [-0.2, -0.15) is 5.10 Å². The van der Waals surface area contributed by atoms with Crippen molar-refractivity contribution in [3.05, 3.63) is 42.7 Å². The van der Waals surface area contributed by atoms with Gasteiger partial charge in [-0.25, -0.2) is 4.98 Å². The van der Waals surface area contributed by atoms with Crippen molar-refractivity contribution in [2.45, 2.75) is 51.1 Å². The number of nitrogens with zero attached hydrogens (tertiary/aromatic N) is 5. The van der Waals surface area contributed by atoms with Crippen LogP contribution in [0, 0.1) is 0 Å². The molecule has 1 amide bonds. The fraction of sp³-hybridized carbons (Fsp3) is 0.529. The summed E-state index contributed by atoms with van der Waals surface area (Å²) in [4.78, 5) is 22.9. The molecule has 0 unspecified atom stereocenters. The molecule has 1 saturated heterocycles. The number of pyridine rings is 1. The van der Waals surface area contributed by atoms with Gasteiger partial charge >= 0.3 is 0 Å². The van der Waals surface area contributed by atoms with Crippen molar-refractivity contribution in [1.29, 1.82) is 0 Å². The highest BCUT2D eigenvalue weighted by molar-refractivity contribution is 5.76. The minimum absolute atomic E-state index is 0.228. The van der Waals surface area contributed by atoms with Gasteiger partial charge in [-0.15, -0.1) is 0 Å². The number of carbonyl (C=O) groups excluding carboxylic acids is 1. The molecule has 6 heteroatoms. The van der Waals surface area contributed by atoms with Crippen LogP contribution in [-0.4, -0.2) is 43.1 Å². The monoisotopic (exact) mass is 313 g/mol. The van der Waals surface area contributed by atoms with Gasteiger partial charge in [-0.1, -0.05) is 6.07 Å². The van der Waals surface area contributed by atoms with Crippen molar-refractivity contribution in [1.82, 2.24) is 24.6 Å². The summed E-state index contributed by atoms with van der Waals surface area (Å²) in [6, 6.07) is 6.35. The van der Waals surface area contributed by atoms with Crippen LogP contribution < -0.4 is 0 Å². The Bertz CT molecular complexity index is 599. The minimum Gasteiger partial charge on any atom is -0.340 e. The number of rotatable bonds is 6. The zero-order valence-electron chi connectivity index (χ0n) is 13.3. The maximum atomic E-state index is 12.6. The molecule has 0 aromatic carbocycles. The third-order valence-corrected chi connectivity index (χ3v) is 4.43. The highest BCUT2D eigenvalue weighted by Gasteiger charge is 2.26. The SMILES string of the molecule is O=C(CCn1cncn1)N1CCCC[C@@H]1CCc1ccccn1. The normalized spacial score (nSPS) is 18.1. The Morgan fingerprint density at radius 3 is 3.04 bits per heavy atom. The van der Waals surface area contributed by atoms with E-state index in [-0.39, 0.29) is 5.91 Å². The molecule has 0 aliphatic carbocycles. The fourth-order valence-electron chi connectivity index (χ4n) is 3.19. The standard InChI is InChI=1S/C17H23N5O/c23-17(9-12-21-14-18-13-20-21)22-11-4-2-6-16(22)8-7-15-5-1-3-10-19-15/h1,3,5,10,13-14,16H,2,4,6-9,11-12H2/t16-/m1/s1. The number of carbonyl (C=O) groups is 1. The molecule has 0 N–H and O–H groups in total. The summed E-state index contributed by atoms with van der Waals surface area (Å²) < 4.78 is 1.71. The minimum atomic E-state index is 0.228. The number of hydrogen-bond donors (Lipinski definition) is 0. The summed E-state index contributed by atoms with van der Waals surface area (Å²) in [5.41, 5.74) is 1.10. The van der Waals surface area contributed by atoms with Crippen molar-refractivity contribution >= 4 is 5.91 Å².